The van der Waals surface area contributed by atoms with Crippen molar-refractivity contribution in [2.45, 2.75) is 27.2 Å². The van der Waals surface area contributed by atoms with Crippen molar-refractivity contribution in [1.82, 2.24) is 0 Å². The molecule has 0 saturated carbocycles. The average Bonchev–Trinajstić information content (AvgIpc) is 2.46. The predicted molar refractivity (Wildman–Crippen MR) is 78.0 cm³/mol. The Labute approximate surface area is 118 Å². The predicted octanol–water partition coefficient (Wildman–Crippen LogP) is 2.19. The Bertz CT molecular complexity index is 481. The van der Waals surface area contributed by atoms with Gasteiger partial charge in [0.05, 0.1) is 0 Å². The average molecular weight is 279 g/mol. The van der Waals surface area contributed by atoms with Crippen molar-refractivity contribution in [3.63, 3.8) is 0 Å². The molecule has 1 rings (SSSR count). The number of anilines is 1. The summed E-state index contributed by atoms with van der Waals surface area (Å²) < 4.78 is 5.28. The van der Waals surface area contributed by atoms with Crippen molar-refractivity contribution in [3.8, 4) is 5.75 Å². The zero-order valence-corrected chi connectivity index (χ0v) is 12.0. The van der Waals surface area contributed by atoms with Gasteiger partial charge in [0, 0.05) is 11.1 Å². The van der Waals surface area contributed by atoms with E-state index in [9.17, 15) is 4.79 Å². The molecule has 20 heavy (non-hydrogen) atoms. The minimum absolute atomic E-state index is 0.00503. The highest BCUT2D eigenvalue weighted by atomic mass is 16.5. The molecule has 0 saturated heterocycles. The number of rotatable bonds is 6. The molecule has 6 nitrogen and oxygen atoms in total. The van der Waals surface area contributed by atoms with Crippen LogP contribution in [0.1, 0.15) is 27.2 Å². The van der Waals surface area contributed by atoms with Gasteiger partial charge in [0.15, 0.2) is 5.84 Å². The van der Waals surface area contributed by atoms with Crippen LogP contribution in [-0.2, 0) is 4.79 Å². The SMILES string of the molecule is CCC(C)(C)C(=O)Nc1ccc(OCC(N)=NO)cc1. The highest BCUT2D eigenvalue weighted by Gasteiger charge is 2.25. The first-order valence-corrected chi connectivity index (χ1v) is 6.39. The molecule has 0 aliphatic rings. The molecule has 0 bridgehead atoms. The number of carbonyl (C=O) groups excluding carboxylic acids is 1. The summed E-state index contributed by atoms with van der Waals surface area (Å²) in [6, 6.07) is 6.90. The van der Waals surface area contributed by atoms with Crippen molar-refractivity contribution in [1.29, 1.82) is 0 Å². The Morgan fingerprint density at radius 1 is 1.40 bits per heavy atom. The lowest BCUT2D eigenvalue weighted by Crippen LogP contribution is -2.29. The van der Waals surface area contributed by atoms with Gasteiger partial charge >= 0.3 is 0 Å². The topological polar surface area (TPSA) is 96.9 Å². The number of hydrogen-bond acceptors (Lipinski definition) is 4. The second-order valence-electron chi connectivity index (χ2n) is 5.10. The van der Waals surface area contributed by atoms with Gasteiger partial charge in [0.2, 0.25) is 5.91 Å². The summed E-state index contributed by atoms with van der Waals surface area (Å²) in [5.74, 6) is 0.543. The van der Waals surface area contributed by atoms with E-state index < -0.39 is 5.41 Å². The summed E-state index contributed by atoms with van der Waals surface area (Å²) in [7, 11) is 0. The lowest BCUT2D eigenvalue weighted by molar-refractivity contribution is -0.124. The number of amidine groups is 1. The highest BCUT2D eigenvalue weighted by Crippen LogP contribution is 2.23. The Balaban J connectivity index is 2.61. The first kappa shape index (κ1) is 15.8. The molecule has 0 aliphatic carbocycles. The summed E-state index contributed by atoms with van der Waals surface area (Å²) in [6.07, 6.45) is 0.764. The first-order chi connectivity index (χ1) is 9.39. The van der Waals surface area contributed by atoms with Gasteiger partial charge in [-0.1, -0.05) is 25.9 Å². The van der Waals surface area contributed by atoms with Crippen molar-refractivity contribution in [2.24, 2.45) is 16.3 Å². The van der Waals surface area contributed by atoms with Gasteiger partial charge in [-0.15, -0.1) is 0 Å². The van der Waals surface area contributed by atoms with Crippen LogP contribution in [0.3, 0.4) is 0 Å². The quantitative estimate of drug-likeness (QED) is 0.322. The molecular weight excluding hydrogens is 258 g/mol. The summed E-state index contributed by atoms with van der Waals surface area (Å²) in [5.41, 5.74) is 5.60. The van der Waals surface area contributed by atoms with Crippen LogP contribution in [0.2, 0.25) is 0 Å². The second-order valence-corrected chi connectivity index (χ2v) is 5.10. The normalized spacial score (nSPS) is 12.1. The summed E-state index contributed by atoms with van der Waals surface area (Å²) in [6.45, 7) is 5.78. The lowest BCUT2D eigenvalue weighted by atomic mass is 9.89. The van der Waals surface area contributed by atoms with Crippen LogP contribution in [0.15, 0.2) is 29.4 Å². The standard InChI is InChI=1S/C14H21N3O3/c1-4-14(2,3)13(18)16-10-5-7-11(8-6-10)20-9-12(15)17-19/h5-8,19H,4,9H2,1-3H3,(H2,15,17)(H,16,18). The molecule has 0 atom stereocenters. The third-order valence-electron chi connectivity index (χ3n) is 3.13. The maximum atomic E-state index is 12.0. The number of nitrogens with one attached hydrogen (secondary N) is 1. The molecule has 0 spiro atoms. The molecule has 0 aliphatic heterocycles. The third-order valence-corrected chi connectivity index (χ3v) is 3.13. The van der Waals surface area contributed by atoms with Crippen LogP contribution < -0.4 is 15.8 Å². The molecule has 1 aromatic rings. The fourth-order valence-electron chi connectivity index (χ4n) is 1.28. The number of nitrogens with zero attached hydrogens (tertiary/aromatic N) is 1. The smallest absolute Gasteiger partial charge is 0.230 e. The molecule has 0 fully saturated rings. The minimum atomic E-state index is -0.402. The summed E-state index contributed by atoms with van der Waals surface area (Å²) >= 11 is 0. The van der Waals surface area contributed by atoms with Gasteiger partial charge in [-0.05, 0) is 30.7 Å². The zero-order valence-electron chi connectivity index (χ0n) is 12.0. The zero-order chi connectivity index (χ0) is 15.2. The van der Waals surface area contributed by atoms with E-state index in [4.69, 9.17) is 15.7 Å². The third kappa shape index (κ3) is 4.46. The number of hydrogen-bond donors (Lipinski definition) is 3. The number of carbonyl (C=O) groups is 1. The van der Waals surface area contributed by atoms with E-state index >= 15 is 0 Å². The molecule has 1 amide bonds. The second kappa shape index (κ2) is 6.79. The van der Waals surface area contributed by atoms with E-state index in [1.165, 1.54) is 0 Å². The molecule has 110 valence electrons. The van der Waals surface area contributed by atoms with Crippen molar-refractivity contribution >= 4 is 17.4 Å². The van der Waals surface area contributed by atoms with Crippen molar-refractivity contribution in [3.05, 3.63) is 24.3 Å². The molecule has 0 aromatic heterocycles. The number of amides is 1. The van der Waals surface area contributed by atoms with Gasteiger partial charge in [0.25, 0.3) is 0 Å². The first-order valence-electron chi connectivity index (χ1n) is 6.39. The van der Waals surface area contributed by atoms with E-state index in [2.05, 4.69) is 10.5 Å². The Hall–Kier alpha value is -2.24. The largest absolute Gasteiger partial charge is 0.486 e. The number of nitrogens with two attached hydrogens (primary N) is 1. The number of benzene rings is 1. The maximum Gasteiger partial charge on any atom is 0.230 e. The molecular formula is C14H21N3O3. The van der Waals surface area contributed by atoms with Gasteiger partial charge < -0.3 is 21.0 Å². The molecule has 0 unspecified atom stereocenters. The van der Waals surface area contributed by atoms with E-state index in [1.807, 2.05) is 20.8 Å². The van der Waals surface area contributed by atoms with Crippen LogP contribution in [0, 0.1) is 5.41 Å². The van der Waals surface area contributed by atoms with Crippen LogP contribution in [-0.4, -0.2) is 23.6 Å². The van der Waals surface area contributed by atoms with Gasteiger partial charge in [-0.3, -0.25) is 4.79 Å². The lowest BCUT2D eigenvalue weighted by Gasteiger charge is -2.21. The molecule has 4 N–H and O–H groups in total. The Morgan fingerprint density at radius 3 is 2.50 bits per heavy atom. The molecule has 6 heteroatoms. The fraction of sp³-hybridized carbons (Fsp3) is 0.429. The number of oxime groups is 1. The summed E-state index contributed by atoms with van der Waals surface area (Å²) in [4.78, 5) is 12.0. The van der Waals surface area contributed by atoms with E-state index in [1.54, 1.807) is 24.3 Å². The fourth-order valence-corrected chi connectivity index (χ4v) is 1.28. The Morgan fingerprint density at radius 2 is 2.00 bits per heavy atom. The van der Waals surface area contributed by atoms with E-state index in [0.717, 1.165) is 6.42 Å². The van der Waals surface area contributed by atoms with Crippen molar-refractivity contribution in [2.75, 3.05) is 11.9 Å². The van der Waals surface area contributed by atoms with Crippen LogP contribution in [0.4, 0.5) is 5.69 Å². The molecule has 1 aromatic carbocycles. The highest BCUT2D eigenvalue weighted by molar-refractivity contribution is 5.94. The van der Waals surface area contributed by atoms with Gasteiger partial charge in [-0.25, -0.2) is 0 Å². The molecule has 0 heterocycles. The number of ether oxygens (including phenoxy) is 1. The van der Waals surface area contributed by atoms with Crippen LogP contribution in [0.25, 0.3) is 0 Å². The van der Waals surface area contributed by atoms with Gasteiger partial charge in [-0.2, -0.15) is 0 Å². The van der Waals surface area contributed by atoms with Gasteiger partial charge in [0.1, 0.15) is 12.4 Å². The van der Waals surface area contributed by atoms with E-state index in [-0.39, 0.29) is 18.3 Å². The molecule has 0 radical (unpaired) electrons. The summed E-state index contributed by atoms with van der Waals surface area (Å²) in [5, 5.41) is 14.1. The maximum absolute atomic E-state index is 12.0. The van der Waals surface area contributed by atoms with Crippen LogP contribution in [0.5, 0.6) is 5.75 Å². The Kier molecular flexibility index (Phi) is 5.37. The monoisotopic (exact) mass is 279 g/mol. The minimum Gasteiger partial charge on any atom is -0.486 e. The van der Waals surface area contributed by atoms with Crippen molar-refractivity contribution < 1.29 is 14.7 Å². The van der Waals surface area contributed by atoms with E-state index in [0.29, 0.717) is 11.4 Å². The van der Waals surface area contributed by atoms with Crippen LogP contribution >= 0.6 is 0 Å².